The number of rotatable bonds is 8. The van der Waals surface area contributed by atoms with E-state index < -0.39 is 0 Å². The zero-order valence-electron chi connectivity index (χ0n) is 15.3. The molecule has 1 amide bonds. The van der Waals surface area contributed by atoms with E-state index in [0.29, 0.717) is 0 Å². The van der Waals surface area contributed by atoms with Gasteiger partial charge in [-0.05, 0) is 50.8 Å². The minimum Gasteiger partial charge on any atom is -0.383 e. The van der Waals surface area contributed by atoms with E-state index in [1.165, 1.54) is 0 Å². The number of aromatic nitrogens is 1. The third-order valence-corrected chi connectivity index (χ3v) is 4.94. The van der Waals surface area contributed by atoms with E-state index in [-0.39, 0.29) is 11.3 Å². The van der Waals surface area contributed by atoms with Crippen molar-refractivity contribution in [3.05, 3.63) is 30.1 Å². The Balaban J connectivity index is 2.01. The molecular weight excluding hydrogens is 302 g/mol. The van der Waals surface area contributed by atoms with Crippen molar-refractivity contribution in [2.24, 2.45) is 5.41 Å². The molecule has 1 aromatic rings. The van der Waals surface area contributed by atoms with Crippen LogP contribution in [0.15, 0.2) is 24.4 Å². The van der Waals surface area contributed by atoms with Gasteiger partial charge in [0.25, 0.3) is 0 Å². The van der Waals surface area contributed by atoms with Gasteiger partial charge in [-0.1, -0.05) is 6.07 Å². The van der Waals surface area contributed by atoms with E-state index in [4.69, 9.17) is 4.74 Å². The highest BCUT2D eigenvalue weighted by Crippen LogP contribution is 2.36. The van der Waals surface area contributed by atoms with Gasteiger partial charge in [-0.2, -0.15) is 0 Å². The number of carbonyl (C=O) groups is 1. The van der Waals surface area contributed by atoms with Gasteiger partial charge in [-0.15, -0.1) is 0 Å². The van der Waals surface area contributed by atoms with Gasteiger partial charge in [0, 0.05) is 46.2 Å². The molecular formula is C19H31N3O2. The fraction of sp³-hybridized carbons (Fsp3) is 0.684. The molecule has 2 rings (SSSR count). The summed E-state index contributed by atoms with van der Waals surface area (Å²) in [5, 5.41) is 0. The van der Waals surface area contributed by atoms with Crippen LogP contribution in [-0.2, 0) is 16.0 Å². The van der Waals surface area contributed by atoms with Crippen molar-refractivity contribution in [2.45, 2.75) is 32.1 Å². The third-order valence-electron chi connectivity index (χ3n) is 4.94. The van der Waals surface area contributed by atoms with Gasteiger partial charge < -0.3 is 9.64 Å². The number of hydrogen-bond acceptors (Lipinski definition) is 4. The molecule has 5 nitrogen and oxygen atoms in total. The Morgan fingerprint density at radius 2 is 2.25 bits per heavy atom. The highest BCUT2D eigenvalue weighted by atomic mass is 16.5. The maximum absolute atomic E-state index is 12.9. The molecule has 0 aliphatic carbocycles. The lowest BCUT2D eigenvalue weighted by Gasteiger charge is -2.43. The number of aryl methyl sites for hydroxylation is 1. The van der Waals surface area contributed by atoms with Crippen molar-refractivity contribution in [3.63, 3.8) is 0 Å². The molecule has 0 radical (unpaired) electrons. The molecule has 0 saturated carbocycles. The summed E-state index contributed by atoms with van der Waals surface area (Å²) in [7, 11) is 5.48. The number of piperidine rings is 1. The Morgan fingerprint density at radius 1 is 1.42 bits per heavy atom. The van der Waals surface area contributed by atoms with Crippen molar-refractivity contribution in [1.82, 2.24) is 14.8 Å². The van der Waals surface area contributed by atoms with Gasteiger partial charge in [-0.25, -0.2) is 0 Å². The smallest absolute Gasteiger partial charge is 0.229 e. The molecule has 1 atom stereocenters. The molecule has 2 heterocycles. The second kappa shape index (κ2) is 9.14. The van der Waals surface area contributed by atoms with Crippen molar-refractivity contribution in [2.75, 3.05) is 47.4 Å². The zero-order chi connectivity index (χ0) is 17.4. The van der Waals surface area contributed by atoms with E-state index >= 15 is 0 Å². The molecule has 0 aromatic carbocycles. The van der Waals surface area contributed by atoms with Crippen LogP contribution in [0.3, 0.4) is 0 Å². The molecule has 1 fully saturated rings. The number of carbonyl (C=O) groups excluding carboxylic acids is 1. The molecule has 0 unspecified atom stereocenters. The van der Waals surface area contributed by atoms with E-state index in [1.807, 2.05) is 32.4 Å². The van der Waals surface area contributed by atoms with Crippen molar-refractivity contribution >= 4 is 5.91 Å². The first kappa shape index (κ1) is 18.9. The Labute approximate surface area is 146 Å². The van der Waals surface area contributed by atoms with Gasteiger partial charge in [0.05, 0.1) is 12.0 Å². The lowest BCUT2D eigenvalue weighted by Crippen LogP contribution is -2.52. The van der Waals surface area contributed by atoms with Crippen LogP contribution in [0, 0.1) is 5.41 Å². The molecule has 0 N–H and O–H groups in total. The summed E-state index contributed by atoms with van der Waals surface area (Å²) < 4.78 is 5.21. The quantitative estimate of drug-likeness (QED) is 0.732. The van der Waals surface area contributed by atoms with Crippen LogP contribution in [0.2, 0.25) is 0 Å². The van der Waals surface area contributed by atoms with Crippen molar-refractivity contribution < 1.29 is 9.53 Å². The summed E-state index contributed by atoms with van der Waals surface area (Å²) in [6.45, 7) is 3.53. The van der Waals surface area contributed by atoms with Crippen LogP contribution in [0.4, 0.5) is 0 Å². The number of nitrogens with zero attached hydrogens (tertiary/aromatic N) is 3. The molecule has 1 aliphatic rings. The number of amides is 1. The SMILES string of the molecule is COCCN1CCC[C@](CCCc2ccccn2)(C(=O)N(C)C)C1. The molecule has 134 valence electrons. The molecule has 5 heteroatoms. The fourth-order valence-electron chi connectivity index (χ4n) is 3.75. The van der Waals surface area contributed by atoms with Gasteiger partial charge in [0.15, 0.2) is 0 Å². The molecule has 0 bridgehead atoms. The summed E-state index contributed by atoms with van der Waals surface area (Å²) >= 11 is 0. The highest BCUT2D eigenvalue weighted by Gasteiger charge is 2.42. The van der Waals surface area contributed by atoms with Gasteiger partial charge in [-0.3, -0.25) is 14.7 Å². The number of methoxy groups -OCH3 is 1. The van der Waals surface area contributed by atoms with Crippen LogP contribution in [0.1, 0.15) is 31.4 Å². The van der Waals surface area contributed by atoms with Crippen molar-refractivity contribution in [3.8, 4) is 0 Å². The number of likely N-dealkylation sites (tertiary alicyclic amines) is 1. The minimum absolute atomic E-state index is 0.260. The van der Waals surface area contributed by atoms with E-state index in [1.54, 1.807) is 12.0 Å². The Hall–Kier alpha value is -1.46. The Morgan fingerprint density at radius 3 is 2.92 bits per heavy atom. The summed E-state index contributed by atoms with van der Waals surface area (Å²) in [5.41, 5.74) is 0.849. The predicted molar refractivity (Wildman–Crippen MR) is 95.9 cm³/mol. The summed E-state index contributed by atoms with van der Waals surface area (Å²) in [6.07, 6.45) is 6.74. The van der Waals surface area contributed by atoms with Crippen LogP contribution in [-0.4, -0.2) is 68.1 Å². The second-order valence-corrected chi connectivity index (χ2v) is 7.03. The maximum atomic E-state index is 12.9. The normalized spacial score (nSPS) is 21.6. The first-order valence-electron chi connectivity index (χ1n) is 8.90. The first-order valence-corrected chi connectivity index (χ1v) is 8.90. The lowest BCUT2D eigenvalue weighted by atomic mass is 9.74. The summed E-state index contributed by atoms with van der Waals surface area (Å²) in [4.78, 5) is 21.5. The molecule has 1 saturated heterocycles. The number of pyridine rings is 1. The fourth-order valence-corrected chi connectivity index (χ4v) is 3.75. The third kappa shape index (κ3) is 5.02. The van der Waals surface area contributed by atoms with Crippen molar-refractivity contribution in [1.29, 1.82) is 0 Å². The van der Waals surface area contributed by atoms with E-state index in [0.717, 1.165) is 64.0 Å². The second-order valence-electron chi connectivity index (χ2n) is 7.03. The number of ether oxygens (including phenoxy) is 1. The first-order chi connectivity index (χ1) is 11.6. The minimum atomic E-state index is -0.260. The Bertz CT molecular complexity index is 507. The average molecular weight is 333 g/mol. The van der Waals surface area contributed by atoms with Crippen LogP contribution in [0.25, 0.3) is 0 Å². The number of hydrogen-bond donors (Lipinski definition) is 0. The predicted octanol–water partition coefficient (Wildman–Crippen LogP) is 2.22. The highest BCUT2D eigenvalue weighted by molar-refractivity contribution is 5.82. The monoisotopic (exact) mass is 333 g/mol. The lowest BCUT2D eigenvalue weighted by molar-refractivity contribution is -0.144. The summed E-state index contributed by atoms with van der Waals surface area (Å²) in [5.74, 6) is 0.269. The molecule has 0 spiro atoms. The van der Waals surface area contributed by atoms with Crippen LogP contribution >= 0.6 is 0 Å². The zero-order valence-corrected chi connectivity index (χ0v) is 15.3. The standard InChI is InChI=1S/C19H31N3O2/c1-21(2)18(23)19(10-6-9-17-8-4-5-12-20-17)11-7-13-22(16-19)14-15-24-3/h4-5,8,12H,6-7,9-11,13-16H2,1-3H3/t19-/m0/s1. The molecule has 24 heavy (non-hydrogen) atoms. The van der Waals surface area contributed by atoms with Crippen LogP contribution in [0.5, 0.6) is 0 Å². The largest absolute Gasteiger partial charge is 0.383 e. The van der Waals surface area contributed by atoms with Gasteiger partial charge in [0.2, 0.25) is 5.91 Å². The van der Waals surface area contributed by atoms with Crippen LogP contribution < -0.4 is 0 Å². The van der Waals surface area contributed by atoms with E-state index in [9.17, 15) is 4.79 Å². The topological polar surface area (TPSA) is 45.7 Å². The Kier molecular flexibility index (Phi) is 7.18. The molecule has 1 aliphatic heterocycles. The maximum Gasteiger partial charge on any atom is 0.229 e. The molecule has 1 aromatic heterocycles. The average Bonchev–Trinajstić information content (AvgIpc) is 2.60. The van der Waals surface area contributed by atoms with Gasteiger partial charge >= 0.3 is 0 Å². The summed E-state index contributed by atoms with van der Waals surface area (Å²) in [6, 6.07) is 6.03. The van der Waals surface area contributed by atoms with Gasteiger partial charge in [0.1, 0.15) is 0 Å². The van der Waals surface area contributed by atoms with E-state index in [2.05, 4.69) is 16.0 Å².